The molecular weight excluding hydrogens is 543 g/mol. The Morgan fingerprint density at radius 3 is 2.43 bits per heavy atom. The number of nitrogens with zero attached hydrogens (tertiary/aromatic N) is 3. The third-order valence-electron chi connectivity index (χ3n) is 5.65. The molecule has 4 rings (SSSR count). The van der Waals surface area contributed by atoms with Crippen molar-refractivity contribution in [2.75, 3.05) is 6.54 Å². The average molecular weight is 561 g/mol. The van der Waals surface area contributed by atoms with E-state index in [-0.39, 0.29) is 34.1 Å². The van der Waals surface area contributed by atoms with Crippen molar-refractivity contribution in [3.63, 3.8) is 0 Å². The first-order chi connectivity index (χ1) is 17.4. The molecule has 37 heavy (non-hydrogen) atoms. The number of rotatable bonds is 6. The predicted octanol–water partition coefficient (Wildman–Crippen LogP) is 4.37. The number of aromatic nitrogens is 2. The molecule has 2 aromatic heterocycles. The van der Waals surface area contributed by atoms with Gasteiger partial charge in [-0.15, -0.1) is 0 Å². The summed E-state index contributed by atoms with van der Waals surface area (Å²) in [4.78, 5) is 20.0. The van der Waals surface area contributed by atoms with E-state index in [0.717, 1.165) is 40.8 Å². The summed E-state index contributed by atoms with van der Waals surface area (Å²) in [5, 5.41) is 2.64. The topological polar surface area (TPSA) is 92.3 Å². The van der Waals surface area contributed by atoms with Crippen LogP contribution in [0, 0.1) is 5.82 Å². The van der Waals surface area contributed by atoms with Gasteiger partial charge < -0.3 is 5.32 Å². The molecule has 1 aliphatic heterocycles. The van der Waals surface area contributed by atoms with Crippen LogP contribution in [0.5, 0.6) is 0 Å². The molecular formula is C23H18ClF5N4O3S. The van der Waals surface area contributed by atoms with Crippen LogP contribution in [0.2, 0.25) is 5.02 Å². The normalized spacial score (nSPS) is 18.6. The Bertz CT molecular complexity index is 1400. The largest absolute Gasteiger partial charge is 0.433 e. The van der Waals surface area contributed by atoms with Crippen molar-refractivity contribution in [2.24, 2.45) is 0 Å². The zero-order valence-corrected chi connectivity index (χ0v) is 20.3. The molecule has 1 N–H and O–H groups in total. The molecule has 0 bridgehead atoms. The van der Waals surface area contributed by atoms with Crippen molar-refractivity contribution in [3.8, 4) is 11.1 Å². The van der Waals surface area contributed by atoms with E-state index >= 15 is 0 Å². The standard InChI is InChI=1S/C23H18ClF5N4O3S/c24-19-11-30-16(8-18(19)13-1-6-21(31-9-13)23(27,28)29)10-32-22(34)20-7-15(26)12-33(20)37(35,36)17-4-2-14(25)3-5-17/h1-6,8-9,11,15,20H,7,10,12H2,(H,32,34). The summed E-state index contributed by atoms with van der Waals surface area (Å²) >= 11 is 6.14. The molecule has 0 radical (unpaired) electrons. The molecule has 14 heteroatoms. The third-order valence-corrected chi connectivity index (χ3v) is 7.84. The lowest BCUT2D eigenvalue weighted by atomic mass is 10.1. The Balaban J connectivity index is 1.50. The number of sulfonamides is 1. The molecule has 1 fully saturated rings. The molecule has 1 saturated heterocycles. The van der Waals surface area contributed by atoms with Gasteiger partial charge in [0, 0.05) is 36.5 Å². The van der Waals surface area contributed by atoms with E-state index in [2.05, 4.69) is 15.3 Å². The van der Waals surface area contributed by atoms with Crippen LogP contribution >= 0.6 is 11.6 Å². The van der Waals surface area contributed by atoms with Crippen LogP contribution in [-0.2, 0) is 27.5 Å². The number of nitrogens with one attached hydrogen (secondary N) is 1. The Labute approximate surface area is 213 Å². The Morgan fingerprint density at radius 1 is 1.11 bits per heavy atom. The van der Waals surface area contributed by atoms with E-state index in [1.165, 1.54) is 18.3 Å². The first-order valence-electron chi connectivity index (χ1n) is 10.7. The minimum absolute atomic E-state index is 0.129. The van der Waals surface area contributed by atoms with Gasteiger partial charge in [-0.2, -0.15) is 17.5 Å². The van der Waals surface area contributed by atoms with Crippen molar-refractivity contribution in [1.82, 2.24) is 19.6 Å². The lowest BCUT2D eigenvalue weighted by molar-refractivity contribution is -0.141. The zero-order valence-electron chi connectivity index (χ0n) is 18.7. The monoisotopic (exact) mass is 560 g/mol. The van der Waals surface area contributed by atoms with Crippen LogP contribution in [0.25, 0.3) is 11.1 Å². The maximum absolute atomic E-state index is 14.2. The van der Waals surface area contributed by atoms with Crippen LogP contribution in [0.1, 0.15) is 17.8 Å². The summed E-state index contributed by atoms with van der Waals surface area (Å²) < 4.78 is 92.4. The number of alkyl halides is 4. The Morgan fingerprint density at radius 2 is 1.81 bits per heavy atom. The van der Waals surface area contributed by atoms with Crippen molar-refractivity contribution in [2.45, 2.75) is 36.3 Å². The second-order valence-corrected chi connectivity index (χ2v) is 10.5. The van der Waals surface area contributed by atoms with E-state index in [4.69, 9.17) is 11.6 Å². The number of carbonyl (C=O) groups is 1. The minimum Gasteiger partial charge on any atom is -0.349 e. The minimum atomic E-state index is -4.60. The van der Waals surface area contributed by atoms with Gasteiger partial charge in [-0.25, -0.2) is 17.2 Å². The average Bonchev–Trinajstić information content (AvgIpc) is 3.26. The second kappa shape index (κ2) is 10.3. The molecule has 2 unspecified atom stereocenters. The molecule has 2 atom stereocenters. The fraction of sp³-hybridized carbons (Fsp3) is 0.261. The number of hydrogen-bond donors (Lipinski definition) is 1. The predicted molar refractivity (Wildman–Crippen MR) is 123 cm³/mol. The number of amides is 1. The summed E-state index contributed by atoms with van der Waals surface area (Å²) in [6.45, 7) is -0.739. The highest BCUT2D eigenvalue weighted by Crippen LogP contribution is 2.32. The first kappa shape index (κ1) is 26.9. The number of pyridine rings is 2. The lowest BCUT2D eigenvalue weighted by Gasteiger charge is -2.23. The van der Waals surface area contributed by atoms with Gasteiger partial charge in [-0.3, -0.25) is 14.8 Å². The van der Waals surface area contributed by atoms with Gasteiger partial charge in [0.25, 0.3) is 0 Å². The van der Waals surface area contributed by atoms with E-state index in [1.54, 1.807) is 0 Å². The van der Waals surface area contributed by atoms with Gasteiger partial charge >= 0.3 is 6.18 Å². The van der Waals surface area contributed by atoms with E-state index in [0.29, 0.717) is 5.56 Å². The van der Waals surface area contributed by atoms with Crippen molar-refractivity contribution in [3.05, 3.63) is 77.1 Å². The second-order valence-electron chi connectivity index (χ2n) is 8.18. The van der Waals surface area contributed by atoms with Crippen LogP contribution in [0.4, 0.5) is 22.0 Å². The van der Waals surface area contributed by atoms with E-state index in [1.807, 2.05) is 0 Å². The number of benzene rings is 1. The van der Waals surface area contributed by atoms with Gasteiger partial charge in [0.2, 0.25) is 15.9 Å². The molecule has 0 spiro atoms. The highest BCUT2D eigenvalue weighted by Gasteiger charge is 2.44. The fourth-order valence-corrected chi connectivity index (χ4v) is 5.66. The van der Waals surface area contributed by atoms with Crippen molar-refractivity contribution < 1.29 is 35.2 Å². The summed E-state index contributed by atoms with van der Waals surface area (Å²) in [5.41, 5.74) is -0.222. The summed E-state index contributed by atoms with van der Waals surface area (Å²) in [7, 11) is -4.28. The van der Waals surface area contributed by atoms with Crippen LogP contribution in [0.15, 0.2) is 59.8 Å². The molecule has 1 aromatic carbocycles. The number of carbonyl (C=O) groups excluding carboxylic acids is 1. The third kappa shape index (κ3) is 5.89. The molecule has 7 nitrogen and oxygen atoms in total. The smallest absolute Gasteiger partial charge is 0.349 e. The van der Waals surface area contributed by atoms with Crippen molar-refractivity contribution in [1.29, 1.82) is 0 Å². The van der Waals surface area contributed by atoms with Gasteiger partial charge in [0.15, 0.2) is 0 Å². The van der Waals surface area contributed by atoms with Crippen LogP contribution in [-0.4, -0.2) is 47.4 Å². The number of hydrogen-bond acceptors (Lipinski definition) is 5. The molecule has 1 aliphatic rings. The maximum Gasteiger partial charge on any atom is 0.433 e. The molecule has 1 amide bonds. The molecule has 0 aliphatic carbocycles. The summed E-state index contributed by atoms with van der Waals surface area (Å²) in [5.74, 6) is -1.43. The molecule has 3 aromatic rings. The van der Waals surface area contributed by atoms with Gasteiger partial charge in [0.05, 0.1) is 22.2 Å². The Kier molecular flexibility index (Phi) is 7.49. The fourth-order valence-electron chi connectivity index (χ4n) is 3.82. The molecule has 3 heterocycles. The molecule has 0 saturated carbocycles. The SMILES string of the molecule is O=C(NCc1cc(-c2ccc(C(F)(F)F)nc2)c(Cl)cn1)C1CC(F)CN1S(=O)(=O)c1ccc(F)cc1. The lowest BCUT2D eigenvalue weighted by Crippen LogP contribution is -2.45. The highest BCUT2D eigenvalue weighted by molar-refractivity contribution is 7.89. The maximum atomic E-state index is 14.2. The van der Waals surface area contributed by atoms with Gasteiger partial charge in [0.1, 0.15) is 23.7 Å². The van der Waals surface area contributed by atoms with Gasteiger partial charge in [-0.05, 0) is 36.4 Å². The highest BCUT2D eigenvalue weighted by atomic mass is 35.5. The zero-order chi connectivity index (χ0) is 27.0. The van der Waals surface area contributed by atoms with Gasteiger partial charge in [-0.1, -0.05) is 17.7 Å². The molecule has 196 valence electrons. The van der Waals surface area contributed by atoms with E-state index in [9.17, 15) is 35.2 Å². The number of halogens is 6. The summed E-state index contributed by atoms with van der Waals surface area (Å²) in [6.07, 6.45) is -4.31. The van der Waals surface area contributed by atoms with E-state index < -0.39 is 52.4 Å². The van der Waals surface area contributed by atoms with Crippen LogP contribution < -0.4 is 5.32 Å². The first-order valence-corrected chi connectivity index (χ1v) is 12.6. The van der Waals surface area contributed by atoms with Crippen molar-refractivity contribution >= 4 is 27.5 Å². The Hall–Kier alpha value is -3.16. The summed E-state index contributed by atoms with van der Waals surface area (Å²) in [6, 6.07) is 6.03. The van der Waals surface area contributed by atoms with Crippen LogP contribution in [0.3, 0.4) is 0 Å². The quantitative estimate of drug-likeness (QED) is 0.452.